The maximum Gasteiger partial charge on any atom is 0.206 e. The summed E-state index contributed by atoms with van der Waals surface area (Å²) in [6.07, 6.45) is 2.44. The van der Waals surface area contributed by atoms with E-state index >= 15 is 0 Å². The van der Waals surface area contributed by atoms with E-state index in [0.29, 0.717) is 5.88 Å². The van der Waals surface area contributed by atoms with Gasteiger partial charge in [0.05, 0.1) is 0 Å². The lowest BCUT2D eigenvalue weighted by atomic mass is 10.1. The van der Waals surface area contributed by atoms with Gasteiger partial charge in [0.2, 0.25) is 5.13 Å². The first-order valence-electron chi connectivity index (χ1n) is 4.57. The molecule has 0 saturated heterocycles. The van der Waals surface area contributed by atoms with Crippen LogP contribution in [0.3, 0.4) is 0 Å². The summed E-state index contributed by atoms with van der Waals surface area (Å²) in [5.74, 6) is 0.656. The van der Waals surface area contributed by atoms with Gasteiger partial charge in [0.25, 0.3) is 0 Å². The molecular weight excluding hydrogens is 230 g/mol. The number of halogens is 1. The number of hydrogen-bond acceptors (Lipinski definition) is 4. The lowest BCUT2D eigenvalue weighted by Crippen LogP contribution is -1.90. The molecule has 0 saturated carbocycles. The topological polar surface area (TPSA) is 37.8 Å². The van der Waals surface area contributed by atoms with Gasteiger partial charge in [0.15, 0.2) is 0 Å². The number of aromatic nitrogens is 2. The predicted octanol–water partition coefficient (Wildman–Crippen LogP) is 3.06. The first-order chi connectivity index (χ1) is 7.38. The fourth-order valence-corrected chi connectivity index (χ4v) is 1.89. The average Bonchev–Trinajstić information content (AvgIpc) is 2.74. The minimum atomic E-state index is 0.656. The van der Waals surface area contributed by atoms with Gasteiger partial charge in [-0.05, 0) is 24.1 Å². The number of nitrogens with zero attached hydrogens (tertiary/aromatic N) is 2. The van der Waals surface area contributed by atoms with E-state index in [4.69, 9.17) is 11.6 Å². The number of rotatable bonds is 4. The predicted molar refractivity (Wildman–Crippen MR) is 64.1 cm³/mol. The highest BCUT2D eigenvalue weighted by Gasteiger charge is 1.97. The van der Waals surface area contributed by atoms with Gasteiger partial charge >= 0.3 is 0 Å². The van der Waals surface area contributed by atoms with Gasteiger partial charge in [-0.1, -0.05) is 12.1 Å². The van der Waals surface area contributed by atoms with Crippen LogP contribution < -0.4 is 5.32 Å². The van der Waals surface area contributed by atoms with Crippen molar-refractivity contribution >= 4 is 34.0 Å². The molecule has 0 radical (unpaired) electrons. The molecule has 3 nitrogen and oxygen atoms in total. The summed E-state index contributed by atoms with van der Waals surface area (Å²) in [5.41, 5.74) is 2.26. The fraction of sp³-hybridized carbons (Fsp3) is 0.200. The molecule has 1 N–H and O–H groups in total. The van der Waals surface area contributed by atoms with Crippen molar-refractivity contribution in [1.82, 2.24) is 9.36 Å². The SMILES string of the molecule is ClCCc1ccc(Nc2ncns2)cc1. The molecule has 0 aliphatic heterocycles. The Morgan fingerprint density at radius 3 is 2.67 bits per heavy atom. The van der Waals surface area contributed by atoms with Crippen molar-refractivity contribution in [3.63, 3.8) is 0 Å². The van der Waals surface area contributed by atoms with Gasteiger partial charge in [-0.25, -0.2) is 4.98 Å². The smallest absolute Gasteiger partial charge is 0.206 e. The Morgan fingerprint density at radius 1 is 1.27 bits per heavy atom. The molecule has 0 spiro atoms. The lowest BCUT2D eigenvalue weighted by Gasteiger charge is -2.03. The molecule has 5 heteroatoms. The van der Waals surface area contributed by atoms with Gasteiger partial charge in [-0.2, -0.15) is 4.37 Å². The van der Waals surface area contributed by atoms with Crippen LogP contribution in [0.1, 0.15) is 5.56 Å². The van der Waals surface area contributed by atoms with Gasteiger partial charge in [0, 0.05) is 23.1 Å². The number of alkyl halides is 1. The molecule has 1 heterocycles. The second kappa shape index (κ2) is 5.09. The summed E-state index contributed by atoms with van der Waals surface area (Å²) in [5, 5.41) is 3.97. The summed E-state index contributed by atoms with van der Waals surface area (Å²) in [7, 11) is 0. The second-order valence-corrected chi connectivity index (χ2v) is 4.17. The van der Waals surface area contributed by atoms with Crippen molar-refractivity contribution in [2.75, 3.05) is 11.2 Å². The van der Waals surface area contributed by atoms with Crippen LogP contribution in [0, 0.1) is 0 Å². The van der Waals surface area contributed by atoms with Crippen LogP contribution in [-0.4, -0.2) is 15.2 Å². The van der Waals surface area contributed by atoms with E-state index in [1.807, 2.05) is 12.1 Å². The molecule has 1 aromatic heterocycles. The maximum atomic E-state index is 5.66. The number of hydrogen-bond donors (Lipinski definition) is 1. The Bertz CT molecular complexity index is 399. The largest absolute Gasteiger partial charge is 0.330 e. The monoisotopic (exact) mass is 239 g/mol. The molecule has 0 aliphatic carbocycles. The van der Waals surface area contributed by atoms with Crippen LogP contribution in [0.15, 0.2) is 30.6 Å². The lowest BCUT2D eigenvalue weighted by molar-refractivity contribution is 1.15. The van der Waals surface area contributed by atoms with Crippen molar-refractivity contribution in [3.05, 3.63) is 36.2 Å². The molecule has 0 unspecified atom stereocenters. The quantitative estimate of drug-likeness (QED) is 0.834. The molecule has 2 aromatic rings. The number of anilines is 2. The minimum absolute atomic E-state index is 0.656. The van der Waals surface area contributed by atoms with Crippen molar-refractivity contribution in [1.29, 1.82) is 0 Å². The van der Waals surface area contributed by atoms with E-state index in [2.05, 4.69) is 26.8 Å². The second-order valence-electron chi connectivity index (χ2n) is 3.01. The Labute approximate surface area is 97.3 Å². The summed E-state index contributed by atoms with van der Waals surface area (Å²) in [4.78, 5) is 4.05. The summed E-state index contributed by atoms with van der Waals surface area (Å²) in [6, 6.07) is 8.16. The number of nitrogens with one attached hydrogen (secondary N) is 1. The zero-order valence-electron chi connectivity index (χ0n) is 7.98. The number of aryl methyl sites for hydroxylation is 1. The normalized spacial score (nSPS) is 10.2. The van der Waals surface area contributed by atoms with Gasteiger partial charge in [0.1, 0.15) is 6.33 Å². The van der Waals surface area contributed by atoms with Crippen LogP contribution >= 0.6 is 23.1 Å². The Morgan fingerprint density at radius 2 is 2.07 bits per heavy atom. The third kappa shape index (κ3) is 2.91. The molecule has 0 aliphatic rings. The zero-order valence-corrected chi connectivity index (χ0v) is 9.55. The third-order valence-electron chi connectivity index (χ3n) is 1.95. The highest BCUT2D eigenvalue weighted by molar-refractivity contribution is 7.09. The summed E-state index contributed by atoms with van der Waals surface area (Å²) < 4.78 is 3.92. The van der Waals surface area contributed by atoms with E-state index in [1.54, 1.807) is 0 Å². The molecule has 15 heavy (non-hydrogen) atoms. The van der Waals surface area contributed by atoms with Gasteiger partial charge in [-0.15, -0.1) is 11.6 Å². The molecule has 0 atom stereocenters. The van der Waals surface area contributed by atoms with E-state index < -0.39 is 0 Å². The highest BCUT2D eigenvalue weighted by Crippen LogP contribution is 2.17. The standard InChI is InChI=1S/C10H10ClN3S/c11-6-5-8-1-3-9(4-2-8)14-10-12-7-13-15-10/h1-4,7H,5-6H2,(H,12,13,14). The van der Waals surface area contributed by atoms with Crippen molar-refractivity contribution in [2.24, 2.45) is 0 Å². The molecule has 0 bridgehead atoms. The van der Waals surface area contributed by atoms with Crippen LogP contribution in [0.5, 0.6) is 0 Å². The zero-order chi connectivity index (χ0) is 10.5. The fourth-order valence-electron chi connectivity index (χ4n) is 1.22. The minimum Gasteiger partial charge on any atom is -0.330 e. The first-order valence-corrected chi connectivity index (χ1v) is 5.88. The summed E-state index contributed by atoms with van der Waals surface area (Å²) >= 11 is 7.00. The van der Waals surface area contributed by atoms with E-state index in [-0.39, 0.29) is 0 Å². The van der Waals surface area contributed by atoms with Crippen LogP contribution in [0.25, 0.3) is 0 Å². The average molecular weight is 240 g/mol. The van der Waals surface area contributed by atoms with Gasteiger partial charge in [-0.3, -0.25) is 0 Å². The van der Waals surface area contributed by atoms with Crippen molar-refractivity contribution < 1.29 is 0 Å². The highest BCUT2D eigenvalue weighted by atomic mass is 35.5. The summed E-state index contributed by atoms with van der Waals surface area (Å²) in [6.45, 7) is 0. The van der Waals surface area contributed by atoms with E-state index in [1.165, 1.54) is 23.4 Å². The molecule has 1 aromatic carbocycles. The van der Waals surface area contributed by atoms with E-state index in [0.717, 1.165) is 17.2 Å². The maximum absolute atomic E-state index is 5.66. The molecule has 0 amide bonds. The molecule has 78 valence electrons. The van der Waals surface area contributed by atoms with Crippen LogP contribution in [0.4, 0.5) is 10.8 Å². The van der Waals surface area contributed by atoms with Crippen LogP contribution in [-0.2, 0) is 6.42 Å². The van der Waals surface area contributed by atoms with Crippen molar-refractivity contribution in [2.45, 2.75) is 6.42 Å². The Hall–Kier alpha value is -1.13. The van der Waals surface area contributed by atoms with Crippen LogP contribution in [0.2, 0.25) is 0 Å². The van der Waals surface area contributed by atoms with Gasteiger partial charge < -0.3 is 5.32 Å². The third-order valence-corrected chi connectivity index (χ3v) is 2.72. The van der Waals surface area contributed by atoms with Crippen molar-refractivity contribution in [3.8, 4) is 0 Å². The molecule has 2 rings (SSSR count). The Kier molecular flexibility index (Phi) is 3.53. The Balaban J connectivity index is 2.04. The molecular formula is C10H10ClN3S. The molecule has 0 fully saturated rings. The number of benzene rings is 1. The first kappa shape index (κ1) is 10.4. The van der Waals surface area contributed by atoms with E-state index in [9.17, 15) is 0 Å².